The summed E-state index contributed by atoms with van der Waals surface area (Å²) in [4.78, 5) is 11.7. The van der Waals surface area contributed by atoms with Crippen molar-refractivity contribution in [3.63, 3.8) is 0 Å². The lowest BCUT2D eigenvalue weighted by atomic mass is 9.98. The molecule has 1 saturated heterocycles. The van der Waals surface area contributed by atoms with E-state index in [4.69, 9.17) is 10.5 Å². The Hall–Kier alpha value is -1.60. The van der Waals surface area contributed by atoms with Crippen molar-refractivity contribution in [2.45, 2.75) is 26.0 Å². The molecule has 0 aliphatic carbocycles. The molecule has 2 N–H and O–H groups in total. The normalized spacial score (nSPS) is 28.0. The van der Waals surface area contributed by atoms with E-state index < -0.39 is 34.0 Å². The van der Waals surface area contributed by atoms with Crippen LogP contribution in [0.1, 0.15) is 24.1 Å². The smallest absolute Gasteiger partial charge is 0.225 e. The van der Waals surface area contributed by atoms with Crippen LogP contribution in [0.15, 0.2) is 18.2 Å². The highest BCUT2D eigenvalue weighted by atomic mass is 32.2. The summed E-state index contributed by atoms with van der Waals surface area (Å²) in [5.74, 6) is -0.481. The number of amides is 1. The Kier molecular flexibility index (Phi) is 3.22. The fraction of sp³-hybridized carbons (Fsp3) is 0.500. The van der Waals surface area contributed by atoms with Crippen molar-refractivity contribution in [1.82, 2.24) is 4.31 Å². The zero-order valence-corrected chi connectivity index (χ0v) is 12.8. The summed E-state index contributed by atoms with van der Waals surface area (Å²) in [6.07, 6.45) is -0.528. The van der Waals surface area contributed by atoms with Crippen molar-refractivity contribution in [3.05, 3.63) is 29.3 Å². The molecule has 2 aliphatic heterocycles. The fourth-order valence-electron chi connectivity index (χ4n) is 3.18. The molecule has 2 heterocycles. The molecule has 0 aromatic heterocycles. The first-order valence-corrected chi connectivity index (χ1v) is 8.52. The standard InChI is InChI=1S/C14H18N2O4S/c1-3-21(18,19)16-7-10(14(15)17)13-11(16)9-6-4-5-8(2)12(9)20-13/h4-6,10-11,13H,3,7H2,1-2H3,(H2,15,17)/t10-,11+,13+/m1/s1. The molecule has 3 rings (SSSR count). The van der Waals surface area contributed by atoms with E-state index in [0.717, 1.165) is 11.1 Å². The van der Waals surface area contributed by atoms with Gasteiger partial charge in [-0.1, -0.05) is 18.2 Å². The first kappa shape index (κ1) is 14.3. The van der Waals surface area contributed by atoms with Gasteiger partial charge in [-0.2, -0.15) is 4.31 Å². The van der Waals surface area contributed by atoms with Gasteiger partial charge >= 0.3 is 0 Å². The molecule has 21 heavy (non-hydrogen) atoms. The van der Waals surface area contributed by atoms with E-state index in [1.807, 2.05) is 25.1 Å². The molecule has 1 fully saturated rings. The van der Waals surface area contributed by atoms with Crippen LogP contribution in [0.3, 0.4) is 0 Å². The maximum Gasteiger partial charge on any atom is 0.225 e. The number of aryl methyl sites for hydroxylation is 1. The molecule has 6 nitrogen and oxygen atoms in total. The second-order valence-corrected chi connectivity index (χ2v) is 7.71. The summed E-state index contributed by atoms with van der Waals surface area (Å²) in [6, 6.07) is 5.17. The van der Waals surface area contributed by atoms with Crippen molar-refractivity contribution >= 4 is 15.9 Å². The van der Waals surface area contributed by atoms with Gasteiger partial charge < -0.3 is 10.5 Å². The molecular formula is C14H18N2O4S. The highest BCUT2D eigenvalue weighted by Crippen LogP contribution is 2.49. The fourth-order valence-corrected chi connectivity index (χ4v) is 4.48. The monoisotopic (exact) mass is 310 g/mol. The number of benzene rings is 1. The summed E-state index contributed by atoms with van der Waals surface area (Å²) in [5, 5.41) is 0. The Morgan fingerprint density at radius 3 is 2.81 bits per heavy atom. The lowest BCUT2D eigenvalue weighted by molar-refractivity contribution is -0.123. The molecule has 0 unspecified atom stereocenters. The number of nitrogens with two attached hydrogens (primary N) is 1. The van der Waals surface area contributed by atoms with Gasteiger partial charge in [-0.25, -0.2) is 8.42 Å². The van der Waals surface area contributed by atoms with E-state index >= 15 is 0 Å². The minimum atomic E-state index is -3.43. The zero-order chi connectivity index (χ0) is 15.4. The number of carbonyl (C=O) groups is 1. The highest BCUT2D eigenvalue weighted by Gasteiger charge is 2.55. The Morgan fingerprint density at radius 1 is 1.48 bits per heavy atom. The average Bonchev–Trinajstić information content (AvgIpc) is 2.97. The van der Waals surface area contributed by atoms with Gasteiger partial charge in [-0.05, 0) is 19.4 Å². The zero-order valence-electron chi connectivity index (χ0n) is 11.9. The molecule has 114 valence electrons. The third-order valence-electron chi connectivity index (χ3n) is 4.30. The molecule has 0 spiro atoms. The molecular weight excluding hydrogens is 292 g/mol. The van der Waals surface area contributed by atoms with Gasteiger partial charge in [-0.15, -0.1) is 0 Å². The number of rotatable bonds is 3. The quantitative estimate of drug-likeness (QED) is 0.883. The van der Waals surface area contributed by atoms with Crippen LogP contribution in [0.2, 0.25) is 0 Å². The van der Waals surface area contributed by atoms with E-state index in [1.54, 1.807) is 6.92 Å². The summed E-state index contributed by atoms with van der Waals surface area (Å²) in [5.41, 5.74) is 7.18. The Labute approximate surface area is 123 Å². The lowest BCUT2D eigenvalue weighted by Crippen LogP contribution is -2.35. The van der Waals surface area contributed by atoms with Gasteiger partial charge in [0.2, 0.25) is 15.9 Å². The number of ether oxygens (including phenoxy) is 1. The maximum atomic E-state index is 12.3. The second kappa shape index (κ2) is 4.71. The molecule has 0 bridgehead atoms. The molecule has 1 amide bonds. The third kappa shape index (κ3) is 2.03. The minimum absolute atomic E-state index is 0.0111. The van der Waals surface area contributed by atoms with Gasteiger partial charge in [-0.3, -0.25) is 4.79 Å². The van der Waals surface area contributed by atoms with Crippen LogP contribution in [-0.4, -0.2) is 37.0 Å². The van der Waals surface area contributed by atoms with Crippen LogP contribution in [0, 0.1) is 12.8 Å². The number of hydrogen-bond donors (Lipinski definition) is 1. The number of para-hydroxylation sites is 1. The first-order chi connectivity index (χ1) is 9.86. The van der Waals surface area contributed by atoms with Crippen molar-refractivity contribution in [2.24, 2.45) is 11.7 Å². The Bertz CT molecular complexity index is 701. The van der Waals surface area contributed by atoms with Crippen LogP contribution in [0.5, 0.6) is 5.75 Å². The third-order valence-corrected chi connectivity index (χ3v) is 6.12. The van der Waals surface area contributed by atoms with Crippen LogP contribution in [0.25, 0.3) is 0 Å². The molecule has 2 aliphatic rings. The van der Waals surface area contributed by atoms with Gasteiger partial charge in [0.05, 0.1) is 17.7 Å². The molecule has 3 atom stereocenters. The van der Waals surface area contributed by atoms with Crippen molar-refractivity contribution in [3.8, 4) is 5.75 Å². The van der Waals surface area contributed by atoms with Crippen LogP contribution < -0.4 is 10.5 Å². The number of hydrogen-bond acceptors (Lipinski definition) is 4. The SMILES string of the molecule is CCS(=O)(=O)N1C[C@@H](C(N)=O)[C@@H]2Oc3c(C)cccc3[C@@H]21. The van der Waals surface area contributed by atoms with E-state index in [2.05, 4.69) is 0 Å². The number of fused-ring (bicyclic) bond motifs is 3. The van der Waals surface area contributed by atoms with Crippen LogP contribution in [0.4, 0.5) is 0 Å². The lowest BCUT2D eigenvalue weighted by Gasteiger charge is -2.21. The van der Waals surface area contributed by atoms with Crippen LogP contribution >= 0.6 is 0 Å². The van der Waals surface area contributed by atoms with E-state index in [-0.39, 0.29) is 12.3 Å². The van der Waals surface area contributed by atoms with Gasteiger partial charge in [0, 0.05) is 12.1 Å². The number of carbonyl (C=O) groups excluding carboxylic acids is 1. The Morgan fingerprint density at radius 2 is 2.19 bits per heavy atom. The summed E-state index contributed by atoms with van der Waals surface area (Å²) < 4.78 is 31.9. The summed E-state index contributed by atoms with van der Waals surface area (Å²) >= 11 is 0. The van der Waals surface area contributed by atoms with Gasteiger partial charge in [0.25, 0.3) is 0 Å². The van der Waals surface area contributed by atoms with E-state index in [1.165, 1.54) is 4.31 Å². The molecule has 1 aromatic rings. The highest BCUT2D eigenvalue weighted by molar-refractivity contribution is 7.89. The van der Waals surface area contributed by atoms with E-state index in [9.17, 15) is 13.2 Å². The largest absolute Gasteiger partial charge is 0.487 e. The van der Waals surface area contributed by atoms with Gasteiger partial charge in [0.15, 0.2) is 0 Å². The summed E-state index contributed by atoms with van der Waals surface area (Å²) in [7, 11) is -3.43. The topological polar surface area (TPSA) is 89.7 Å². The minimum Gasteiger partial charge on any atom is -0.487 e. The number of primary amides is 1. The van der Waals surface area contributed by atoms with Crippen molar-refractivity contribution < 1.29 is 17.9 Å². The first-order valence-electron chi connectivity index (χ1n) is 6.92. The average molecular weight is 310 g/mol. The van der Waals surface area contributed by atoms with Crippen molar-refractivity contribution in [1.29, 1.82) is 0 Å². The number of nitrogens with zero attached hydrogens (tertiary/aromatic N) is 1. The summed E-state index contributed by atoms with van der Waals surface area (Å²) in [6.45, 7) is 3.58. The molecule has 0 radical (unpaired) electrons. The predicted molar refractivity (Wildman–Crippen MR) is 77.2 cm³/mol. The number of sulfonamides is 1. The molecule has 0 saturated carbocycles. The predicted octanol–water partition coefficient (Wildman–Crippen LogP) is 0.564. The second-order valence-electron chi connectivity index (χ2n) is 5.50. The Balaban J connectivity index is 2.12. The van der Waals surface area contributed by atoms with Gasteiger partial charge in [0.1, 0.15) is 11.9 Å². The van der Waals surface area contributed by atoms with Crippen LogP contribution in [-0.2, 0) is 14.8 Å². The van der Waals surface area contributed by atoms with Crippen molar-refractivity contribution in [2.75, 3.05) is 12.3 Å². The maximum absolute atomic E-state index is 12.3. The molecule has 1 aromatic carbocycles. The molecule has 7 heteroatoms. The van der Waals surface area contributed by atoms with E-state index in [0.29, 0.717) is 5.75 Å².